The van der Waals surface area contributed by atoms with Gasteiger partial charge in [0.1, 0.15) is 0 Å². The normalized spacial score (nSPS) is 13.6. The van der Waals surface area contributed by atoms with Gasteiger partial charge in [-0.25, -0.2) is 4.98 Å². The second-order valence-electron chi connectivity index (χ2n) is 6.76. The van der Waals surface area contributed by atoms with Crippen LogP contribution in [0.3, 0.4) is 0 Å². The molecule has 4 rings (SSSR count). The minimum atomic E-state index is -0.177. The van der Waals surface area contributed by atoms with E-state index < -0.39 is 0 Å². The van der Waals surface area contributed by atoms with Crippen molar-refractivity contribution in [1.29, 1.82) is 0 Å². The van der Waals surface area contributed by atoms with Crippen LogP contribution in [0.5, 0.6) is 0 Å². The number of H-pyrrole nitrogens is 1. The second-order valence-corrected chi connectivity index (χ2v) is 7.48. The molecule has 1 amide bonds. The fourth-order valence-corrected chi connectivity index (χ4v) is 3.86. The molecule has 3 heterocycles. The number of fused-ring (bicyclic) bond motifs is 1. The molecule has 1 aromatic carbocycles. The van der Waals surface area contributed by atoms with E-state index in [0.29, 0.717) is 12.2 Å². The molecule has 0 spiro atoms. The van der Waals surface area contributed by atoms with E-state index in [1.54, 1.807) is 11.3 Å². The Balaban J connectivity index is 1.41. The van der Waals surface area contributed by atoms with Gasteiger partial charge in [-0.15, -0.1) is 11.3 Å². The average molecular weight is 382 g/mol. The zero-order valence-electron chi connectivity index (χ0n) is 15.2. The number of amides is 1. The van der Waals surface area contributed by atoms with Gasteiger partial charge >= 0.3 is 0 Å². The largest absolute Gasteiger partial charge is 0.321 e. The van der Waals surface area contributed by atoms with Gasteiger partial charge in [0.25, 0.3) is 5.91 Å². The van der Waals surface area contributed by atoms with Crippen molar-refractivity contribution >= 4 is 22.9 Å². The first-order chi connectivity index (χ1) is 13.2. The summed E-state index contributed by atoms with van der Waals surface area (Å²) in [6.07, 6.45) is 0.871. The number of hydrogen-bond acceptors (Lipinski definition) is 6. The van der Waals surface area contributed by atoms with E-state index in [-0.39, 0.29) is 5.91 Å². The van der Waals surface area contributed by atoms with Gasteiger partial charge < -0.3 is 10.6 Å². The van der Waals surface area contributed by atoms with Crippen LogP contribution >= 0.6 is 11.3 Å². The number of anilines is 1. The van der Waals surface area contributed by atoms with Gasteiger partial charge in [0.05, 0.1) is 11.2 Å². The third kappa shape index (κ3) is 4.24. The van der Waals surface area contributed by atoms with Crippen molar-refractivity contribution in [1.82, 2.24) is 25.4 Å². The molecule has 2 aromatic heterocycles. The molecule has 0 radical (unpaired) electrons. The van der Waals surface area contributed by atoms with Gasteiger partial charge in [0.15, 0.2) is 5.69 Å². The van der Waals surface area contributed by atoms with E-state index in [1.165, 1.54) is 0 Å². The van der Waals surface area contributed by atoms with Crippen molar-refractivity contribution in [3.63, 3.8) is 0 Å². The summed E-state index contributed by atoms with van der Waals surface area (Å²) < 4.78 is 0. The Bertz CT molecular complexity index is 920. The SMILES string of the molecule is CN(Cc1cccc(NC(=O)c2n[nH]c3c2CNCC3)c1)Cc1cscn1. The molecule has 7 nitrogen and oxygen atoms in total. The number of nitrogens with zero attached hydrogens (tertiary/aromatic N) is 3. The average Bonchev–Trinajstić information content (AvgIpc) is 3.31. The number of aromatic amines is 1. The van der Waals surface area contributed by atoms with E-state index in [2.05, 4.69) is 49.2 Å². The minimum Gasteiger partial charge on any atom is -0.321 e. The number of thiazole rings is 1. The molecule has 1 aliphatic rings. The molecule has 3 aromatic rings. The molecule has 0 bridgehead atoms. The number of benzene rings is 1. The van der Waals surface area contributed by atoms with Crippen LogP contribution in [0, 0.1) is 0 Å². The highest BCUT2D eigenvalue weighted by atomic mass is 32.1. The van der Waals surface area contributed by atoms with Crippen LogP contribution in [0.4, 0.5) is 5.69 Å². The molecule has 140 valence electrons. The lowest BCUT2D eigenvalue weighted by molar-refractivity contribution is 0.102. The van der Waals surface area contributed by atoms with Crippen molar-refractivity contribution in [2.24, 2.45) is 0 Å². The van der Waals surface area contributed by atoms with Crippen LogP contribution in [-0.4, -0.2) is 39.6 Å². The zero-order valence-corrected chi connectivity index (χ0v) is 16.0. The van der Waals surface area contributed by atoms with Crippen molar-refractivity contribution < 1.29 is 4.79 Å². The lowest BCUT2D eigenvalue weighted by Gasteiger charge is -2.16. The van der Waals surface area contributed by atoms with Gasteiger partial charge in [-0.2, -0.15) is 5.10 Å². The lowest BCUT2D eigenvalue weighted by atomic mass is 10.1. The molecule has 0 saturated heterocycles. The molecular weight excluding hydrogens is 360 g/mol. The molecule has 0 unspecified atom stereocenters. The van der Waals surface area contributed by atoms with Crippen LogP contribution < -0.4 is 10.6 Å². The number of carbonyl (C=O) groups excluding carboxylic acids is 1. The first-order valence-electron chi connectivity index (χ1n) is 8.92. The molecule has 8 heteroatoms. The highest BCUT2D eigenvalue weighted by molar-refractivity contribution is 7.07. The number of nitrogens with one attached hydrogen (secondary N) is 3. The summed E-state index contributed by atoms with van der Waals surface area (Å²) in [7, 11) is 2.06. The Morgan fingerprint density at radius 3 is 3.15 bits per heavy atom. The summed E-state index contributed by atoms with van der Waals surface area (Å²) in [5, 5.41) is 15.5. The Kier molecular flexibility index (Phi) is 5.28. The Hall–Kier alpha value is -2.55. The first kappa shape index (κ1) is 17.8. The van der Waals surface area contributed by atoms with E-state index in [9.17, 15) is 4.79 Å². The molecular formula is C19H22N6OS. The number of hydrogen-bond donors (Lipinski definition) is 3. The predicted molar refractivity (Wildman–Crippen MR) is 106 cm³/mol. The first-order valence-corrected chi connectivity index (χ1v) is 9.86. The fraction of sp³-hybridized carbons (Fsp3) is 0.316. The van der Waals surface area contributed by atoms with Crippen molar-refractivity contribution in [3.05, 3.63) is 63.4 Å². The van der Waals surface area contributed by atoms with Crippen molar-refractivity contribution in [3.8, 4) is 0 Å². The van der Waals surface area contributed by atoms with Crippen molar-refractivity contribution in [2.45, 2.75) is 26.1 Å². The molecule has 27 heavy (non-hydrogen) atoms. The summed E-state index contributed by atoms with van der Waals surface area (Å²) in [5.41, 5.74) is 7.33. The topological polar surface area (TPSA) is 85.9 Å². The van der Waals surface area contributed by atoms with E-state index >= 15 is 0 Å². The maximum absolute atomic E-state index is 12.7. The predicted octanol–water partition coefficient (Wildman–Crippen LogP) is 2.40. The summed E-state index contributed by atoms with van der Waals surface area (Å²) in [6, 6.07) is 7.93. The third-order valence-corrected chi connectivity index (χ3v) is 5.21. The molecule has 0 aliphatic carbocycles. The van der Waals surface area contributed by atoms with Gasteiger partial charge in [-0.3, -0.25) is 14.8 Å². The van der Waals surface area contributed by atoms with Crippen molar-refractivity contribution in [2.75, 3.05) is 18.9 Å². The third-order valence-electron chi connectivity index (χ3n) is 4.57. The Morgan fingerprint density at radius 2 is 2.30 bits per heavy atom. The standard InChI is InChI=1S/C19H22N6OS/c1-25(10-15-11-27-12-21-15)9-13-3-2-4-14(7-13)22-19(26)18-16-8-20-6-5-17(16)23-24-18/h2-4,7,11-12,20H,5-6,8-10H2,1H3,(H,22,26)(H,23,24). The molecule has 1 aliphatic heterocycles. The van der Waals surface area contributed by atoms with Crippen LogP contribution in [0.15, 0.2) is 35.2 Å². The Labute approximate surface area is 161 Å². The minimum absolute atomic E-state index is 0.177. The molecule has 0 saturated carbocycles. The lowest BCUT2D eigenvalue weighted by Crippen LogP contribution is -2.25. The maximum atomic E-state index is 12.7. The van der Waals surface area contributed by atoms with E-state index in [1.807, 2.05) is 23.7 Å². The summed E-state index contributed by atoms with van der Waals surface area (Å²) in [5.74, 6) is -0.177. The Morgan fingerprint density at radius 1 is 1.37 bits per heavy atom. The molecule has 3 N–H and O–H groups in total. The van der Waals surface area contributed by atoms with Crippen LogP contribution in [-0.2, 0) is 26.1 Å². The number of rotatable bonds is 6. The fourth-order valence-electron chi connectivity index (χ4n) is 3.31. The second kappa shape index (κ2) is 7.99. The van der Waals surface area contributed by atoms with Crippen LogP contribution in [0.2, 0.25) is 0 Å². The monoisotopic (exact) mass is 382 g/mol. The maximum Gasteiger partial charge on any atom is 0.276 e. The van der Waals surface area contributed by atoms with E-state index in [4.69, 9.17) is 0 Å². The highest BCUT2D eigenvalue weighted by Crippen LogP contribution is 2.18. The van der Waals surface area contributed by atoms with Crippen LogP contribution in [0.25, 0.3) is 0 Å². The quantitative estimate of drug-likeness (QED) is 0.609. The van der Waals surface area contributed by atoms with E-state index in [0.717, 1.165) is 54.3 Å². The highest BCUT2D eigenvalue weighted by Gasteiger charge is 2.21. The van der Waals surface area contributed by atoms with Crippen LogP contribution in [0.1, 0.15) is 33.0 Å². The summed E-state index contributed by atoms with van der Waals surface area (Å²) in [4.78, 5) is 19.2. The van der Waals surface area contributed by atoms with Gasteiger partial charge in [0.2, 0.25) is 0 Å². The molecule has 0 atom stereocenters. The van der Waals surface area contributed by atoms with Gasteiger partial charge in [-0.1, -0.05) is 12.1 Å². The smallest absolute Gasteiger partial charge is 0.276 e. The zero-order chi connectivity index (χ0) is 18.6. The van der Waals surface area contributed by atoms with Gasteiger partial charge in [-0.05, 0) is 24.7 Å². The molecule has 0 fully saturated rings. The number of aromatic nitrogens is 3. The van der Waals surface area contributed by atoms with Gasteiger partial charge in [0, 0.05) is 54.9 Å². The number of carbonyl (C=O) groups is 1. The summed E-state index contributed by atoms with van der Waals surface area (Å²) in [6.45, 7) is 3.16. The summed E-state index contributed by atoms with van der Waals surface area (Å²) >= 11 is 1.61.